The Morgan fingerprint density at radius 1 is 1.27 bits per heavy atom. The summed E-state index contributed by atoms with van der Waals surface area (Å²) in [6.07, 6.45) is 2.62. The fraction of sp³-hybridized carbons (Fsp3) is 0.636. The standard InChI is InChI=1S/C22H34N6O2/c1-5-26(6-2)16-18-10-12-27(13-11-18)22(29)21(28-17(3)23-24-25-28)15-19-8-7-9-20(14-19)30-4/h7-9,14,18,21H,5-6,10-13,15-16H2,1-4H3. The Labute approximate surface area is 179 Å². The molecule has 1 aliphatic heterocycles. The van der Waals surface area contributed by atoms with Crippen molar-refractivity contribution in [3.63, 3.8) is 0 Å². The Hall–Kier alpha value is -2.48. The molecule has 0 spiro atoms. The van der Waals surface area contributed by atoms with Crippen molar-refractivity contribution in [2.24, 2.45) is 5.92 Å². The number of piperidine rings is 1. The third-order valence-corrected chi connectivity index (χ3v) is 6.14. The van der Waals surface area contributed by atoms with E-state index in [-0.39, 0.29) is 5.91 Å². The highest BCUT2D eigenvalue weighted by Gasteiger charge is 2.31. The molecule has 2 aromatic rings. The van der Waals surface area contributed by atoms with Crippen LogP contribution in [0.5, 0.6) is 5.75 Å². The molecule has 1 saturated heterocycles. The monoisotopic (exact) mass is 414 g/mol. The van der Waals surface area contributed by atoms with E-state index in [1.54, 1.807) is 11.8 Å². The number of hydrogen-bond donors (Lipinski definition) is 0. The minimum absolute atomic E-state index is 0.0921. The number of carbonyl (C=O) groups excluding carboxylic acids is 1. The minimum Gasteiger partial charge on any atom is -0.497 e. The zero-order chi connectivity index (χ0) is 21.5. The number of ether oxygens (including phenoxy) is 1. The van der Waals surface area contributed by atoms with Gasteiger partial charge in [0.15, 0.2) is 0 Å². The van der Waals surface area contributed by atoms with Gasteiger partial charge < -0.3 is 14.5 Å². The summed E-state index contributed by atoms with van der Waals surface area (Å²) in [4.78, 5) is 18.0. The van der Waals surface area contributed by atoms with Crippen LogP contribution in [0.1, 0.15) is 44.1 Å². The molecule has 0 radical (unpaired) electrons. The number of likely N-dealkylation sites (tertiary alicyclic amines) is 1. The van der Waals surface area contributed by atoms with Crippen molar-refractivity contribution < 1.29 is 9.53 Å². The molecule has 1 aromatic carbocycles. The van der Waals surface area contributed by atoms with Crippen LogP contribution in [0.4, 0.5) is 0 Å². The van der Waals surface area contributed by atoms with E-state index < -0.39 is 6.04 Å². The smallest absolute Gasteiger partial charge is 0.247 e. The van der Waals surface area contributed by atoms with E-state index in [0.29, 0.717) is 18.2 Å². The van der Waals surface area contributed by atoms with Crippen LogP contribution in [-0.4, -0.2) is 75.7 Å². The molecule has 0 bridgehead atoms. The Balaban J connectivity index is 1.71. The molecule has 1 unspecified atom stereocenters. The molecular formula is C22H34N6O2. The van der Waals surface area contributed by atoms with Crippen molar-refractivity contribution >= 4 is 5.91 Å². The summed E-state index contributed by atoms with van der Waals surface area (Å²) in [6.45, 7) is 11.1. The van der Waals surface area contributed by atoms with Gasteiger partial charge >= 0.3 is 0 Å². The number of nitrogens with zero attached hydrogens (tertiary/aromatic N) is 6. The molecule has 0 aliphatic carbocycles. The number of aryl methyl sites for hydroxylation is 1. The zero-order valence-electron chi connectivity index (χ0n) is 18.6. The first-order valence-corrected chi connectivity index (χ1v) is 10.9. The highest BCUT2D eigenvalue weighted by molar-refractivity contribution is 5.81. The molecule has 8 heteroatoms. The van der Waals surface area contributed by atoms with Crippen LogP contribution < -0.4 is 4.74 Å². The summed E-state index contributed by atoms with van der Waals surface area (Å²) in [5.41, 5.74) is 1.03. The van der Waals surface area contributed by atoms with E-state index in [2.05, 4.69) is 34.3 Å². The molecule has 30 heavy (non-hydrogen) atoms. The number of carbonyl (C=O) groups is 1. The van der Waals surface area contributed by atoms with Gasteiger partial charge in [-0.2, -0.15) is 0 Å². The quantitative estimate of drug-likeness (QED) is 0.627. The van der Waals surface area contributed by atoms with Gasteiger partial charge in [-0.25, -0.2) is 4.68 Å². The molecule has 1 aromatic heterocycles. The topological polar surface area (TPSA) is 76.4 Å². The lowest BCUT2D eigenvalue weighted by Gasteiger charge is -2.36. The molecule has 0 N–H and O–H groups in total. The van der Waals surface area contributed by atoms with Gasteiger partial charge in [-0.1, -0.05) is 26.0 Å². The van der Waals surface area contributed by atoms with Gasteiger partial charge in [0.05, 0.1) is 7.11 Å². The summed E-state index contributed by atoms with van der Waals surface area (Å²) < 4.78 is 7.00. The van der Waals surface area contributed by atoms with Gasteiger partial charge in [-0.15, -0.1) is 5.10 Å². The van der Waals surface area contributed by atoms with Crippen molar-refractivity contribution in [2.45, 2.75) is 46.1 Å². The average molecular weight is 415 g/mol. The van der Waals surface area contributed by atoms with Crippen LogP contribution in [0.15, 0.2) is 24.3 Å². The van der Waals surface area contributed by atoms with Gasteiger partial charge in [-0.3, -0.25) is 4.79 Å². The fourth-order valence-electron chi connectivity index (χ4n) is 4.22. The number of aromatic nitrogens is 4. The predicted octanol–water partition coefficient (Wildman–Crippen LogP) is 2.35. The minimum atomic E-state index is -0.452. The second kappa shape index (κ2) is 10.5. The third kappa shape index (κ3) is 5.36. The van der Waals surface area contributed by atoms with Gasteiger partial charge in [-0.05, 0) is 66.9 Å². The molecule has 1 amide bonds. The van der Waals surface area contributed by atoms with Crippen molar-refractivity contribution in [1.29, 1.82) is 0 Å². The average Bonchev–Trinajstić information content (AvgIpc) is 3.21. The van der Waals surface area contributed by atoms with Crippen LogP contribution in [0, 0.1) is 12.8 Å². The number of tetrazole rings is 1. The zero-order valence-corrected chi connectivity index (χ0v) is 18.6. The lowest BCUT2D eigenvalue weighted by atomic mass is 9.95. The highest BCUT2D eigenvalue weighted by atomic mass is 16.5. The Morgan fingerprint density at radius 2 is 2.00 bits per heavy atom. The maximum absolute atomic E-state index is 13.5. The van der Waals surface area contributed by atoms with E-state index in [0.717, 1.165) is 56.9 Å². The molecule has 1 atom stereocenters. The van der Waals surface area contributed by atoms with Crippen molar-refractivity contribution in [3.05, 3.63) is 35.7 Å². The normalized spacial score (nSPS) is 16.1. The van der Waals surface area contributed by atoms with E-state index in [1.807, 2.05) is 36.1 Å². The van der Waals surface area contributed by atoms with Gasteiger partial charge in [0, 0.05) is 26.1 Å². The van der Waals surface area contributed by atoms with Gasteiger partial charge in [0.25, 0.3) is 0 Å². The molecule has 3 rings (SSSR count). The molecule has 164 valence electrons. The van der Waals surface area contributed by atoms with Crippen molar-refractivity contribution in [2.75, 3.05) is 39.8 Å². The molecule has 0 saturated carbocycles. The van der Waals surface area contributed by atoms with Crippen LogP contribution in [0.3, 0.4) is 0 Å². The summed E-state index contributed by atoms with van der Waals surface area (Å²) in [5.74, 6) is 2.17. The largest absolute Gasteiger partial charge is 0.497 e. The predicted molar refractivity (Wildman–Crippen MR) is 115 cm³/mol. The first-order chi connectivity index (χ1) is 14.5. The number of benzene rings is 1. The fourth-order valence-corrected chi connectivity index (χ4v) is 4.22. The maximum Gasteiger partial charge on any atom is 0.247 e. The van der Waals surface area contributed by atoms with Crippen molar-refractivity contribution in [3.8, 4) is 5.75 Å². The third-order valence-electron chi connectivity index (χ3n) is 6.14. The molecule has 1 aliphatic rings. The van der Waals surface area contributed by atoms with E-state index in [1.165, 1.54) is 0 Å². The number of rotatable bonds is 9. The lowest BCUT2D eigenvalue weighted by molar-refractivity contribution is -0.136. The highest BCUT2D eigenvalue weighted by Crippen LogP contribution is 2.24. The van der Waals surface area contributed by atoms with E-state index >= 15 is 0 Å². The summed E-state index contributed by atoms with van der Waals surface area (Å²) in [6, 6.07) is 7.38. The van der Waals surface area contributed by atoms with Crippen LogP contribution >= 0.6 is 0 Å². The molecular weight excluding hydrogens is 380 g/mol. The van der Waals surface area contributed by atoms with Gasteiger partial charge in [0.1, 0.15) is 17.6 Å². The van der Waals surface area contributed by atoms with Crippen molar-refractivity contribution in [1.82, 2.24) is 30.0 Å². The maximum atomic E-state index is 13.5. The van der Waals surface area contributed by atoms with Gasteiger partial charge in [0.2, 0.25) is 5.91 Å². The summed E-state index contributed by atoms with van der Waals surface area (Å²) in [7, 11) is 1.65. The number of hydrogen-bond acceptors (Lipinski definition) is 6. The lowest BCUT2D eigenvalue weighted by Crippen LogP contribution is -2.45. The van der Waals surface area contributed by atoms with E-state index in [4.69, 9.17) is 4.74 Å². The number of methoxy groups -OCH3 is 1. The van der Waals surface area contributed by atoms with E-state index in [9.17, 15) is 4.79 Å². The van der Waals surface area contributed by atoms with Crippen LogP contribution in [-0.2, 0) is 11.2 Å². The first-order valence-electron chi connectivity index (χ1n) is 10.9. The Morgan fingerprint density at radius 3 is 2.60 bits per heavy atom. The summed E-state index contributed by atoms with van der Waals surface area (Å²) in [5, 5.41) is 11.9. The van der Waals surface area contributed by atoms with Crippen LogP contribution in [0.25, 0.3) is 0 Å². The second-order valence-corrected chi connectivity index (χ2v) is 8.00. The molecule has 8 nitrogen and oxygen atoms in total. The SMILES string of the molecule is CCN(CC)CC1CCN(C(=O)C(Cc2cccc(OC)c2)n2nnnc2C)CC1. The Bertz CT molecular complexity index is 811. The number of amides is 1. The summed E-state index contributed by atoms with van der Waals surface area (Å²) >= 11 is 0. The molecule has 1 fully saturated rings. The van der Waals surface area contributed by atoms with Crippen LogP contribution in [0.2, 0.25) is 0 Å². The first kappa shape index (κ1) is 22.2. The second-order valence-electron chi connectivity index (χ2n) is 8.00. The molecule has 2 heterocycles. The Kier molecular flexibility index (Phi) is 7.79.